The van der Waals surface area contributed by atoms with Crippen molar-refractivity contribution in [3.05, 3.63) is 0 Å². The van der Waals surface area contributed by atoms with Crippen molar-refractivity contribution in [3.63, 3.8) is 0 Å². The van der Waals surface area contributed by atoms with E-state index < -0.39 is 15.2 Å². The van der Waals surface area contributed by atoms with Crippen molar-refractivity contribution in [2.24, 2.45) is 0 Å². The van der Waals surface area contributed by atoms with Crippen molar-refractivity contribution in [3.8, 4) is 0 Å². The predicted molar refractivity (Wildman–Crippen MR) is 136 cm³/mol. The molecule has 0 heterocycles. The van der Waals surface area contributed by atoms with E-state index >= 15 is 0 Å². The molecule has 0 aliphatic rings. The van der Waals surface area contributed by atoms with Crippen molar-refractivity contribution in [2.45, 2.75) is 124 Å². The molecule has 0 aliphatic heterocycles. The molecular weight excluding hydrogens is 446 g/mol. The molecular formula is C24H52O6P2. The van der Waals surface area contributed by atoms with Gasteiger partial charge in [-0.05, 0) is 26.2 Å². The maximum absolute atomic E-state index is 13.5. The van der Waals surface area contributed by atoms with Gasteiger partial charge in [0.2, 0.25) is 0 Å². The van der Waals surface area contributed by atoms with Crippen LogP contribution in [-0.2, 0) is 27.2 Å². The molecule has 0 N–H and O–H groups in total. The highest BCUT2D eigenvalue weighted by Crippen LogP contribution is 2.64. The molecule has 0 aromatic heterocycles. The minimum absolute atomic E-state index is 0.237. The van der Waals surface area contributed by atoms with Crippen LogP contribution in [0.5, 0.6) is 0 Å². The molecule has 1 unspecified atom stereocenters. The second-order valence-electron chi connectivity index (χ2n) is 8.52. The third-order valence-corrected chi connectivity index (χ3v) is 10.4. The fraction of sp³-hybridized carbons (Fsp3) is 1.00. The lowest BCUT2D eigenvalue weighted by Crippen LogP contribution is -2.08. The summed E-state index contributed by atoms with van der Waals surface area (Å²) in [6.45, 7) is 9.56. The topological polar surface area (TPSA) is 71.1 Å². The minimum Gasteiger partial charge on any atom is -0.308 e. The molecule has 0 aliphatic carbocycles. The zero-order valence-electron chi connectivity index (χ0n) is 21.5. The van der Waals surface area contributed by atoms with Crippen LogP contribution in [0.15, 0.2) is 0 Å². The van der Waals surface area contributed by atoms with E-state index in [0.717, 1.165) is 57.8 Å². The Morgan fingerprint density at radius 2 is 0.750 bits per heavy atom. The Balaban J connectivity index is 4.79. The van der Waals surface area contributed by atoms with Crippen LogP contribution in [0.1, 0.15) is 124 Å². The van der Waals surface area contributed by atoms with Gasteiger partial charge in [-0.1, -0.05) is 97.8 Å². The molecule has 1 atom stereocenters. The Labute approximate surface area is 199 Å². The molecule has 0 amide bonds. The van der Waals surface area contributed by atoms with Gasteiger partial charge in [0.15, 0.2) is 5.90 Å². The SMILES string of the molecule is CCCCCCCOP(=O)(CP(=O)(OCCCCCCC)OCCCCCCC)OCC. The molecule has 0 radical (unpaired) electrons. The maximum Gasteiger partial charge on any atom is 0.342 e. The molecule has 0 fully saturated rings. The van der Waals surface area contributed by atoms with E-state index in [0.29, 0.717) is 19.8 Å². The molecule has 0 bridgehead atoms. The van der Waals surface area contributed by atoms with E-state index in [9.17, 15) is 9.13 Å². The third kappa shape index (κ3) is 18.7. The summed E-state index contributed by atoms with van der Waals surface area (Å²) in [7, 11) is -7.10. The van der Waals surface area contributed by atoms with Crippen LogP contribution in [0.25, 0.3) is 0 Å². The number of rotatable bonds is 25. The molecule has 6 nitrogen and oxygen atoms in total. The van der Waals surface area contributed by atoms with Crippen molar-refractivity contribution in [2.75, 3.05) is 32.3 Å². The summed E-state index contributed by atoms with van der Waals surface area (Å²) in [6, 6.07) is 0. The van der Waals surface area contributed by atoms with E-state index in [2.05, 4.69) is 20.8 Å². The Kier molecular flexibility index (Phi) is 22.0. The van der Waals surface area contributed by atoms with Crippen molar-refractivity contribution in [1.82, 2.24) is 0 Å². The smallest absolute Gasteiger partial charge is 0.308 e. The van der Waals surface area contributed by atoms with E-state index in [1.807, 2.05) is 0 Å². The second-order valence-corrected chi connectivity index (χ2v) is 13.1. The Morgan fingerprint density at radius 3 is 1.06 bits per heavy atom. The molecule has 194 valence electrons. The number of unbranched alkanes of at least 4 members (excludes halogenated alkanes) is 12. The van der Waals surface area contributed by atoms with Crippen LogP contribution < -0.4 is 0 Å². The van der Waals surface area contributed by atoms with Crippen molar-refractivity contribution in [1.29, 1.82) is 0 Å². The van der Waals surface area contributed by atoms with Gasteiger partial charge in [-0.3, -0.25) is 9.13 Å². The quantitative estimate of drug-likeness (QED) is 0.0922. The summed E-state index contributed by atoms with van der Waals surface area (Å²) in [5.41, 5.74) is 0. The second kappa shape index (κ2) is 21.8. The van der Waals surface area contributed by atoms with Crippen LogP contribution in [0.3, 0.4) is 0 Å². The highest BCUT2D eigenvalue weighted by Gasteiger charge is 2.38. The van der Waals surface area contributed by atoms with Gasteiger partial charge >= 0.3 is 15.2 Å². The highest BCUT2D eigenvalue weighted by molar-refractivity contribution is 7.71. The molecule has 0 rings (SSSR count). The molecule has 0 saturated heterocycles. The summed E-state index contributed by atoms with van der Waals surface area (Å²) < 4.78 is 49.4. The van der Waals surface area contributed by atoms with Gasteiger partial charge < -0.3 is 18.1 Å². The van der Waals surface area contributed by atoms with E-state index in [1.54, 1.807) is 6.92 Å². The highest BCUT2D eigenvalue weighted by atomic mass is 31.2. The van der Waals surface area contributed by atoms with Gasteiger partial charge in [-0.25, -0.2) is 0 Å². The molecule has 0 saturated carbocycles. The Hall–Kier alpha value is 0.300. The largest absolute Gasteiger partial charge is 0.342 e. The zero-order valence-corrected chi connectivity index (χ0v) is 23.3. The van der Waals surface area contributed by atoms with Gasteiger partial charge in [-0.15, -0.1) is 0 Å². The normalized spacial score (nSPS) is 14.0. The average molecular weight is 499 g/mol. The van der Waals surface area contributed by atoms with Crippen LogP contribution in [0, 0.1) is 0 Å². The summed E-state index contributed by atoms with van der Waals surface area (Å²) in [6.07, 6.45) is 16.1. The summed E-state index contributed by atoms with van der Waals surface area (Å²) in [5.74, 6) is -0.299. The van der Waals surface area contributed by atoms with Crippen molar-refractivity contribution >= 4 is 15.2 Å². The lowest BCUT2D eigenvalue weighted by molar-refractivity contribution is 0.189. The lowest BCUT2D eigenvalue weighted by atomic mass is 10.2. The number of hydrogen-bond acceptors (Lipinski definition) is 6. The van der Waals surface area contributed by atoms with Crippen LogP contribution in [-0.4, -0.2) is 32.3 Å². The van der Waals surface area contributed by atoms with Crippen LogP contribution in [0.2, 0.25) is 0 Å². The lowest BCUT2D eigenvalue weighted by Gasteiger charge is -2.24. The summed E-state index contributed by atoms with van der Waals surface area (Å²) in [5, 5.41) is 0. The van der Waals surface area contributed by atoms with Gasteiger partial charge in [0.05, 0.1) is 26.4 Å². The number of hydrogen-bond donors (Lipinski definition) is 0. The fourth-order valence-corrected chi connectivity index (χ4v) is 8.14. The Bertz CT molecular complexity index is 481. The molecule has 8 heteroatoms. The molecule has 0 aromatic rings. The van der Waals surface area contributed by atoms with Gasteiger partial charge in [0, 0.05) is 0 Å². The predicted octanol–water partition coefficient (Wildman–Crippen LogP) is 9.33. The van der Waals surface area contributed by atoms with E-state index in [-0.39, 0.29) is 12.5 Å². The van der Waals surface area contributed by atoms with Crippen LogP contribution in [0.4, 0.5) is 0 Å². The fourth-order valence-electron chi connectivity index (χ4n) is 3.37. The Morgan fingerprint density at radius 1 is 0.438 bits per heavy atom. The third-order valence-electron chi connectivity index (χ3n) is 5.28. The standard InChI is InChI=1S/C24H52O6P2/c1-5-9-12-15-18-21-28-31(25,27-8-4)24-32(26,29-22-19-16-13-10-6-2)30-23-20-17-14-11-7-3/h5-24H2,1-4H3. The monoisotopic (exact) mass is 498 g/mol. The van der Waals surface area contributed by atoms with E-state index in [1.165, 1.54) is 38.5 Å². The first kappa shape index (κ1) is 32.3. The first-order valence-corrected chi connectivity index (χ1v) is 16.7. The molecule has 32 heavy (non-hydrogen) atoms. The first-order valence-electron chi connectivity index (χ1n) is 13.2. The van der Waals surface area contributed by atoms with Gasteiger partial charge in [0.25, 0.3) is 0 Å². The molecule has 0 aromatic carbocycles. The first-order chi connectivity index (χ1) is 15.4. The maximum atomic E-state index is 13.5. The minimum atomic E-state index is -3.56. The zero-order chi connectivity index (χ0) is 24.0. The van der Waals surface area contributed by atoms with Gasteiger partial charge in [-0.2, -0.15) is 0 Å². The molecule has 0 spiro atoms. The van der Waals surface area contributed by atoms with Crippen molar-refractivity contribution < 1.29 is 27.2 Å². The average Bonchev–Trinajstić information content (AvgIpc) is 2.76. The summed E-state index contributed by atoms with van der Waals surface area (Å²) in [4.78, 5) is 0. The summed E-state index contributed by atoms with van der Waals surface area (Å²) >= 11 is 0. The van der Waals surface area contributed by atoms with Gasteiger partial charge in [0.1, 0.15) is 0 Å². The van der Waals surface area contributed by atoms with E-state index in [4.69, 9.17) is 18.1 Å². The van der Waals surface area contributed by atoms with Crippen LogP contribution >= 0.6 is 15.2 Å².